The zero-order valence-corrected chi connectivity index (χ0v) is 18.3. The van der Waals surface area contributed by atoms with Crippen molar-refractivity contribution in [3.05, 3.63) is 75.7 Å². The Morgan fingerprint density at radius 1 is 1.18 bits per heavy atom. The van der Waals surface area contributed by atoms with Gasteiger partial charge in [-0.05, 0) is 37.7 Å². The van der Waals surface area contributed by atoms with Gasteiger partial charge in [-0.2, -0.15) is 0 Å². The molecule has 0 aliphatic rings. The van der Waals surface area contributed by atoms with Gasteiger partial charge in [0.05, 0.1) is 12.1 Å². The number of benzene rings is 2. The highest BCUT2D eigenvalue weighted by molar-refractivity contribution is 9.10. The summed E-state index contributed by atoms with van der Waals surface area (Å²) in [6.07, 6.45) is 1.25. The molecule has 1 N–H and O–H groups in total. The van der Waals surface area contributed by atoms with Crippen molar-refractivity contribution in [2.24, 2.45) is 0 Å². The molecule has 0 aliphatic carbocycles. The molecular formula is C22H24BrN3OS. The molecule has 0 fully saturated rings. The topological polar surface area (TPSA) is 45.2 Å². The maximum Gasteiger partial charge on any atom is 0.226 e. The minimum absolute atomic E-state index is 0.0248. The maximum atomic E-state index is 12.2. The molecule has 28 heavy (non-hydrogen) atoms. The number of carbonyl (C=O) groups is 1. The summed E-state index contributed by atoms with van der Waals surface area (Å²) in [6, 6.07) is 18.5. The first-order chi connectivity index (χ1) is 13.6. The zero-order chi connectivity index (χ0) is 19.8. The standard InChI is InChI=1S/C22H24BrN3OS/c1-26(15-17-7-3-2-4-8-17)12-6-11-24-21(27)14-20-16-28-22(25-20)18-9-5-10-19(23)13-18/h2-5,7-10,13,16H,6,11-12,14-15H2,1H3,(H,24,27). The molecule has 4 nitrogen and oxygen atoms in total. The molecule has 0 saturated carbocycles. The minimum atomic E-state index is 0.0248. The van der Waals surface area contributed by atoms with Crippen molar-refractivity contribution in [2.75, 3.05) is 20.1 Å². The molecule has 1 amide bonds. The molecule has 0 bridgehead atoms. The van der Waals surface area contributed by atoms with Gasteiger partial charge in [0.2, 0.25) is 5.91 Å². The van der Waals surface area contributed by atoms with Gasteiger partial charge in [-0.1, -0.05) is 58.4 Å². The summed E-state index contributed by atoms with van der Waals surface area (Å²) in [7, 11) is 2.10. The van der Waals surface area contributed by atoms with Crippen molar-refractivity contribution in [1.82, 2.24) is 15.2 Å². The molecule has 0 spiro atoms. The summed E-state index contributed by atoms with van der Waals surface area (Å²) < 4.78 is 1.02. The largest absolute Gasteiger partial charge is 0.356 e. The van der Waals surface area contributed by atoms with Crippen molar-refractivity contribution < 1.29 is 4.79 Å². The van der Waals surface area contributed by atoms with Crippen molar-refractivity contribution in [2.45, 2.75) is 19.4 Å². The predicted octanol–water partition coefficient (Wildman–Crippen LogP) is 4.75. The van der Waals surface area contributed by atoms with Gasteiger partial charge in [0.1, 0.15) is 5.01 Å². The SMILES string of the molecule is CN(CCCNC(=O)Cc1csc(-c2cccc(Br)c2)n1)Cc1ccccc1. The van der Waals surface area contributed by atoms with E-state index in [0.29, 0.717) is 13.0 Å². The second-order valence-corrected chi connectivity index (χ2v) is 8.53. The summed E-state index contributed by atoms with van der Waals surface area (Å²) in [5.74, 6) is 0.0248. The van der Waals surface area contributed by atoms with Gasteiger partial charge >= 0.3 is 0 Å². The van der Waals surface area contributed by atoms with E-state index in [1.165, 1.54) is 5.56 Å². The fourth-order valence-corrected chi connectivity index (χ4v) is 4.14. The Morgan fingerprint density at radius 3 is 2.79 bits per heavy atom. The average Bonchev–Trinajstić information content (AvgIpc) is 3.14. The highest BCUT2D eigenvalue weighted by atomic mass is 79.9. The summed E-state index contributed by atoms with van der Waals surface area (Å²) in [5, 5.41) is 5.90. The van der Waals surface area contributed by atoms with E-state index in [9.17, 15) is 4.79 Å². The Morgan fingerprint density at radius 2 is 2.00 bits per heavy atom. The lowest BCUT2D eigenvalue weighted by atomic mass is 10.2. The molecule has 0 radical (unpaired) electrons. The van der Waals surface area contributed by atoms with Crippen LogP contribution in [0.15, 0.2) is 64.5 Å². The normalized spacial score (nSPS) is 11.0. The number of rotatable bonds is 9. The lowest BCUT2D eigenvalue weighted by molar-refractivity contribution is -0.120. The Labute approximate surface area is 178 Å². The van der Waals surface area contributed by atoms with Crippen LogP contribution in [0, 0.1) is 0 Å². The van der Waals surface area contributed by atoms with E-state index < -0.39 is 0 Å². The Kier molecular flexibility index (Phi) is 7.77. The van der Waals surface area contributed by atoms with E-state index in [1.807, 2.05) is 35.7 Å². The highest BCUT2D eigenvalue weighted by Gasteiger charge is 2.09. The lowest BCUT2D eigenvalue weighted by Crippen LogP contribution is -2.29. The first kappa shape index (κ1) is 20.7. The van der Waals surface area contributed by atoms with E-state index in [-0.39, 0.29) is 5.91 Å². The van der Waals surface area contributed by atoms with Gasteiger partial charge in [0.15, 0.2) is 0 Å². The van der Waals surface area contributed by atoms with Crippen LogP contribution in [0.5, 0.6) is 0 Å². The quantitative estimate of drug-likeness (QED) is 0.471. The lowest BCUT2D eigenvalue weighted by Gasteiger charge is -2.16. The van der Waals surface area contributed by atoms with Gasteiger partial charge in [-0.15, -0.1) is 11.3 Å². The second-order valence-electron chi connectivity index (χ2n) is 6.76. The van der Waals surface area contributed by atoms with E-state index >= 15 is 0 Å². The third kappa shape index (κ3) is 6.55. The Balaban J connectivity index is 1.38. The highest BCUT2D eigenvalue weighted by Crippen LogP contribution is 2.26. The van der Waals surface area contributed by atoms with Crippen LogP contribution in [0.4, 0.5) is 0 Å². The molecule has 0 atom stereocenters. The van der Waals surface area contributed by atoms with Crippen molar-refractivity contribution >= 4 is 33.2 Å². The van der Waals surface area contributed by atoms with Crippen LogP contribution in [0.3, 0.4) is 0 Å². The number of hydrogen-bond donors (Lipinski definition) is 1. The van der Waals surface area contributed by atoms with Gasteiger partial charge in [-0.3, -0.25) is 4.79 Å². The molecule has 6 heteroatoms. The van der Waals surface area contributed by atoms with Crippen molar-refractivity contribution in [3.8, 4) is 10.6 Å². The fraction of sp³-hybridized carbons (Fsp3) is 0.273. The number of thiazole rings is 1. The maximum absolute atomic E-state index is 12.2. The first-order valence-corrected chi connectivity index (χ1v) is 11.0. The van der Waals surface area contributed by atoms with Crippen molar-refractivity contribution in [3.63, 3.8) is 0 Å². The van der Waals surface area contributed by atoms with E-state index in [0.717, 1.165) is 40.2 Å². The number of carbonyl (C=O) groups excluding carboxylic acids is 1. The number of amides is 1. The van der Waals surface area contributed by atoms with Crippen LogP contribution < -0.4 is 5.32 Å². The Hall–Kier alpha value is -2.02. The smallest absolute Gasteiger partial charge is 0.226 e. The number of nitrogens with one attached hydrogen (secondary N) is 1. The molecule has 2 aromatic carbocycles. The second kappa shape index (κ2) is 10.5. The van der Waals surface area contributed by atoms with Gasteiger partial charge in [0.25, 0.3) is 0 Å². The minimum Gasteiger partial charge on any atom is -0.356 e. The number of halogens is 1. The number of aromatic nitrogens is 1. The summed E-state index contributed by atoms with van der Waals surface area (Å²) in [6.45, 7) is 2.55. The van der Waals surface area contributed by atoms with Gasteiger partial charge < -0.3 is 10.2 Å². The number of nitrogens with zero attached hydrogens (tertiary/aromatic N) is 2. The molecule has 146 valence electrons. The molecule has 1 aromatic heterocycles. The molecule has 1 heterocycles. The third-order valence-electron chi connectivity index (χ3n) is 4.30. The molecular weight excluding hydrogens is 434 g/mol. The van der Waals surface area contributed by atoms with E-state index in [2.05, 4.69) is 62.4 Å². The van der Waals surface area contributed by atoms with E-state index in [4.69, 9.17) is 0 Å². The first-order valence-electron chi connectivity index (χ1n) is 9.29. The van der Waals surface area contributed by atoms with Gasteiger partial charge in [-0.25, -0.2) is 4.98 Å². The predicted molar refractivity (Wildman–Crippen MR) is 119 cm³/mol. The molecule has 0 aliphatic heterocycles. The fourth-order valence-electron chi connectivity index (χ4n) is 2.92. The monoisotopic (exact) mass is 457 g/mol. The summed E-state index contributed by atoms with van der Waals surface area (Å²) in [5.41, 5.74) is 3.19. The molecule has 3 aromatic rings. The summed E-state index contributed by atoms with van der Waals surface area (Å²) >= 11 is 5.05. The molecule has 3 rings (SSSR count). The van der Waals surface area contributed by atoms with Crippen LogP contribution in [0.25, 0.3) is 10.6 Å². The zero-order valence-electron chi connectivity index (χ0n) is 15.9. The van der Waals surface area contributed by atoms with Crippen LogP contribution in [-0.4, -0.2) is 35.9 Å². The van der Waals surface area contributed by atoms with Crippen LogP contribution >= 0.6 is 27.3 Å². The molecule has 0 saturated heterocycles. The van der Waals surface area contributed by atoms with Crippen LogP contribution in [-0.2, 0) is 17.8 Å². The van der Waals surface area contributed by atoms with Crippen LogP contribution in [0.1, 0.15) is 17.7 Å². The van der Waals surface area contributed by atoms with Gasteiger partial charge in [0, 0.05) is 28.5 Å². The van der Waals surface area contributed by atoms with Crippen LogP contribution in [0.2, 0.25) is 0 Å². The number of hydrogen-bond acceptors (Lipinski definition) is 4. The third-order valence-corrected chi connectivity index (χ3v) is 5.73. The van der Waals surface area contributed by atoms with Crippen molar-refractivity contribution in [1.29, 1.82) is 0 Å². The Bertz CT molecular complexity index is 898. The average molecular weight is 458 g/mol. The van der Waals surface area contributed by atoms with E-state index in [1.54, 1.807) is 11.3 Å². The molecule has 0 unspecified atom stereocenters. The summed E-state index contributed by atoms with van der Waals surface area (Å²) in [4.78, 5) is 19.0.